The third-order valence-corrected chi connectivity index (χ3v) is 6.42. The van der Waals surface area contributed by atoms with Crippen LogP contribution in [0.3, 0.4) is 0 Å². The van der Waals surface area contributed by atoms with Crippen molar-refractivity contribution in [3.8, 4) is 0 Å². The molecule has 2 atom stereocenters. The van der Waals surface area contributed by atoms with Crippen LogP contribution in [-0.2, 0) is 24.7 Å². The van der Waals surface area contributed by atoms with Crippen LogP contribution in [0.25, 0.3) is 0 Å². The molecule has 35 heavy (non-hydrogen) atoms. The number of ether oxygens (including phenoxy) is 1. The third-order valence-electron chi connectivity index (χ3n) is 6.42. The molecule has 0 radical (unpaired) electrons. The number of hydrogen-bond donors (Lipinski definition) is 0. The highest BCUT2D eigenvalue weighted by molar-refractivity contribution is 6.28. The SMILES string of the molecule is CCOC(=O)C1N(c2ccccc2)C(c2ccc(C)cc2)=NC12C(=O)N(C(C)=O)c1ccccc12. The molecule has 0 aromatic heterocycles. The van der Waals surface area contributed by atoms with Gasteiger partial charge in [-0.05, 0) is 32.0 Å². The normalized spacial score (nSPS) is 20.7. The topological polar surface area (TPSA) is 79.3 Å². The van der Waals surface area contributed by atoms with Crippen LogP contribution in [0.15, 0.2) is 83.9 Å². The Morgan fingerprint density at radius 1 is 0.971 bits per heavy atom. The summed E-state index contributed by atoms with van der Waals surface area (Å²) < 4.78 is 5.52. The van der Waals surface area contributed by atoms with Crippen molar-refractivity contribution < 1.29 is 19.1 Å². The van der Waals surface area contributed by atoms with E-state index >= 15 is 0 Å². The van der Waals surface area contributed by atoms with Crippen LogP contribution in [0.2, 0.25) is 0 Å². The number of esters is 1. The zero-order chi connectivity index (χ0) is 24.7. The molecule has 2 heterocycles. The van der Waals surface area contributed by atoms with Gasteiger partial charge in [0.25, 0.3) is 5.91 Å². The van der Waals surface area contributed by atoms with Gasteiger partial charge in [0.05, 0.1) is 12.3 Å². The van der Waals surface area contributed by atoms with E-state index in [4.69, 9.17) is 9.73 Å². The van der Waals surface area contributed by atoms with E-state index in [0.29, 0.717) is 22.8 Å². The first-order valence-electron chi connectivity index (χ1n) is 11.5. The predicted molar refractivity (Wildman–Crippen MR) is 133 cm³/mol. The maximum absolute atomic E-state index is 14.1. The van der Waals surface area contributed by atoms with Crippen LogP contribution in [0.4, 0.5) is 11.4 Å². The number of carbonyl (C=O) groups is 3. The maximum atomic E-state index is 14.1. The van der Waals surface area contributed by atoms with E-state index in [-0.39, 0.29) is 6.61 Å². The second kappa shape index (κ2) is 8.51. The van der Waals surface area contributed by atoms with Crippen LogP contribution < -0.4 is 9.80 Å². The van der Waals surface area contributed by atoms with Crippen molar-refractivity contribution in [2.45, 2.75) is 32.4 Å². The van der Waals surface area contributed by atoms with E-state index in [9.17, 15) is 14.4 Å². The number of fused-ring (bicyclic) bond motifs is 2. The Hall–Kier alpha value is -4.26. The Morgan fingerprint density at radius 2 is 1.63 bits per heavy atom. The van der Waals surface area contributed by atoms with Gasteiger partial charge in [-0.15, -0.1) is 0 Å². The summed E-state index contributed by atoms with van der Waals surface area (Å²) in [6.07, 6.45) is 0. The molecule has 3 aromatic rings. The molecule has 0 bridgehead atoms. The number of amides is 2. The maximum Gasteiger partial charge on any atom is 0.332 e. The Balaban J connectivity index is 1.84. The van der Waals surface area contributed by atoms with Crippen molar-refractivity contribution >= 4 is 35.0 Å². The molecule has 0 saturated carbocycles. The van der Waals surface area contributed by atoms with Gasteiger partial charge in [0.1, 0.15) is 5.84 Å². The van der Waals surface area contributed by atoms with Crippen LogP contribution in [-0.4, -0.2) is 36.3 Å². The van der Waals surface area contributed by atoms with Gasteiger partial charge in [-0.3, -0.25) is 9.59 Å². The molecule has 2 amide bonds. The number of aryl methyl sites for hydroxylation is 1. The summed E-state index contributed by atoms with van der Waals surface area (Å²) in [5.41, 5.74) is 1.76. The smallest absolute Gasteiger partial charge is 0.332 e. The Bertz CT molecular complexity index is 1350. The van der Waals surface area contributed by atoms with Gasteiger partial charge in [0, 0.05) is 23.7 Å². The Kier molecular flexibility index (Phi) is 5.47. The summed E-state index contributed by atoms with van der Waals surface area (Å²) in [6.45, 7) is 5.18. The number of rotatable bonds is 4. The number of anilines is 2. The standard InChI is InChI=1S/C28H25N3O4/c1-4-35-26(33)24-28(22-12-8-9-13-23(22)30(19(3)32)27(28)34)29-25(20-16-14-18(2)15-17-20)31(24)21-10-6-5-7-11-21/h5-17,24H,4H2,1-3H3. The van der Waals surface area contributed by atoms with Crippen LogP contribution in [0.1, 0.15) is 30.5 Å². The van der Waals surface area contributed by atoms with Crippen molar-refractivity contribution in [2.24, 2.45) is 4.99 Å². The highest BCUT2D eigenvalue weighted by Crippen LogP contribution is 2.51. The second-order valence-electron chi connectivity index (χ2n) is 8.60. The van der Waals surface area contributed by atoms with Gasteiger partial charge in [0.2, 0.25) is 11.4 Å². The van der Waals surface area contributed by atoms with E-state index < -0.39 is 29.4 Å². The van der Waals surface area contributed by atoms with Crippen LogP contribution in [0.5, 0.6) is 0 Å². The van der Waals surface area contributed by atoms with Gasteiger partial charge in [-0.2, -0.15) is 0 Å². The Labute approximate surface area is 203 Å². The summed E-state index contributed by atoms with van der Waals surface area (Å²) in [5, 5.41) is 0. The lowest BCUT2D eigenvalue weighted by atomic mass is 9.84. The van der Waals surface area contributed by atoms with E-state index in [1.165, 1.54) is 6.92 Å². The number of benzene rings is 3. The molecule has 0 aliphatic carbocycles. The summed E-state index contributed by atoms with van der Waals surface area (Å²) in [4.78, 5) is 48.3. The lowest BCUT2D eigenvalue weighted by molar-refractivity contribution is -0.148. The average molecular weight is 468 g/mol. The van der Waals surface area contributed by atoms with Gasteiger partial charge < -0.3 is 9.64 Å². The molecular weight excluding hydrogens is 442 g/mol. The van der Waals surface area contributed by atoms with Crippen molar-refractivity contribution in [3.63, 3.8) is 0 Å². The fourth-order valence-corrected chi connectivity index (χ4v) is 4.93. The fourth-order valence-electron chi connectivity index (χ4n) is 4.93. The summed E-state index contributed by atoms with van der Waals surface area (Å²) in [7, 11) is 0. The third kappa shape index (κ3) is 3.34. The van der Waals surface area contributed by atoms with Crippen molar-refractivity contribution in [2.75, 3.05) is 16.4 Å². The molecule has 1 spiro atoms. The van der Waals surface area contributed by atoms with Crippen molar-refractivity contribution in [1.29, 1.82) is 0 Å². The molecule has 2 unspecified atom stereocenters. The number of hydrogen-bond acceptors (Lipinski definition) is 6. The van der Waals surface area contributed by atoms with Crippen LogP contribution >= 0.6 is 0 Å². The molecule has 0 fully saturated rings. The number of imide groups is 1. The molecule has 176 valence electrons. The number of nitrogens with zero attached hydrogens (tertiary/aromatic N) is 3. The highest BCUT2D eigenvalue weighted by atomic mass is 16.5. The van der Waals surface area contributed by atoms with E-state index in [2.05, 4.69) is 0 Å². The van der Waals surface area contributed by atoms with E-state index in [1.54, 1.807) is 36.1 Å². The first kappa shape index (κ1) is 22.5. The average Bonchev–Trinajstić information content (AvgIpc) is 3.34. The molecular formula is C28H25N3O4. The monoisotopic (exact) mass is 467 g/mol. The minimum Gasteiger partial charge on any atom is -0.464 e. The van der Waals surface area contributed by atoms with Gasteiger partial charge in [0.15, 0.2) is 6.04 Å². The number of carbonyl (C=O) groups excluding carboxylic acids is 3. The number of para-hydroxylation sites is 2. The lowest BCUT2D eigenvalue weighted by Crippen LogP contribution is -2.56. The summed E-state index contributed by atoms with van der Waals surface area (Å²) in [5.74, 6) is -1.13. The second-order valence-corrected chi connectivity index (χ2v) is 8.60. The first-order chi connectivity index (χ1) is 16.9. The van der Waals surface area contributed by atoms with Gasteiger partial charge in [-0.1, -0.05) is 66.2 Å². The van der Waals surface area contributed by atoms with Crippen molar-refractivity contribution in [1.82, 2.24) is 0 Å². The largest absolute Gasteiger partial charge is 0.464 e. The molecule has 0 saturated heterocycles. The summed E-state index contributed by atoms with van der Waals surface area (Å²) in [6, 6.07) is 22.9. The van der Waals surface area contributed by atoms with Gasteiger partial charge in [-0.25, -0.2) is 14.7 Å². The predicted octanol–water partition coefficient (Wildman–Crippen LogP) is 3.98. The molecule has 5 rings (SSSR count). The highest BCUT2D eigenvalue weighted by Gasteiger charge is 2.65. The molecule has 2 aliphatic rings. The van der Waals surface area contributed by atoms with Crippen LogP contribution in [0, 0.1) is 6.92 Å². The quantitative estimate of drug-likeness (QED) is 0.543. The van der Waals surface area contributed by atoms with Crippen molar-refractivity contribution in [3.05, 3.63) is 95.6 Å². The van der Waals surface area contributed by atoms with Gasteiger partial charge >= 0.3 is 5.97 Å². The zero-order valence-corrected chi connectivity index (χ0v) is 19.8. The molecule has 3 aromatic carbocycles. The first-order valence-corrected chi connectivity index (χ1v) is 11.5. The Morgan fingerprint density at radius 3 is 2.29 bits per heavy atom. The fraction of sp³-hybridized carbons (Fsp3) is 0.214. The zero-order valence-electron chi connectivity index (χ0n) is 19.8. The molecule has 0 N–H and O–H groups in total. The minimum absolute atomic E-state index is 0.139. The number of aliphatic imine (C=N–C) groups is 1. The summed E-state index contributed by atoms with van der Waals surface area (Å²) >= 11 is 0. The van der Waals surface area contributed by atoms with E-state index in [0.717, 1.165) is 16.0 Å². The van der Waals surface area contributed by atoms with E-state index in [1.807, 2.05) is 61.5 Å². The molecule has 7 nitrogen and oxygen atoms in total. The minimum atomic E-state index is -1.68. The number of amidine groups is 1. The molecule has 2 aliphatic heterocycles. The lowest BCUT2D eigenvalue weighted by Gasteiger charge is -2.33. The molecule has 7 heteroatoms.